The minimum atomic E-state index is -0.272. The SMILES string of the molecule is C=CC(=O)N1CCN(c2cc3cnc(NCc4ccc(OC)cc4OC)nc3n(-c3ccc(OC4COC4)cc3)c2=O)c2cccc(C)c21. The van der Waals surface area contributed by atoms with Crippen LogP contribution in [0.2, 0.25) is 0 Å². The van der Waals surface area contributed by atoms with E-state index in [4.69, 9.17) is 23.9 Å². The summed E-state index contributed by atoms with van der Waals surface area (Å²) in [4.78, 5) is 40.6. The first kappa shape index (κ1) is 31.7. The molecule has 0 spiro atoms. The van der Waals surface area contributed by atoms with Crippen LogP contribution >= 0.6 is 0 Å². The first-order valence-electron chi connectivity index (χ1n) is 15.9. The number of para-hydroxylation sites is 1. The van der Waals surface area contributed by atoms with Crippen molar-refractivity contribution in [2.45, 2.75) is 19.6 Å². The fourth-order valence-electron chi connectivity index (χ4n) is 6.15. The van der Waals surface area contributed by atoms with Gasteiger partial charge in [0, 0.05) is 42.8 Å². The van der Waals surface area contributed by atoms with Gasteiger partial charge in [0.2, 0.25) is 5.95 Å². The second kappa shape index (κ2) is 13.3. The first-order valence-corrected chi connectivity index (χ1v) is 15.9. The Balaban J connectivity index is 1.32. The van der Waals surface area contributed by atoms with E-state index in [1.54, 1.807) is 29.9 Å². The van der Waals surface area contributed by atoms with Crippen LogP contribution in [-0.4, -0.2) is 67.1 Å². The number of nitrogens with one attached hydrogen (secondary N) is 1. The summed E-state index contributed by atoms with van der Waals surface area (Å²) in [7, 11) is 3.21. The zero-order valence-corrected chi connectivity index (χ0v) is 27.5. The molecule has 12 nitrogen and oxygen atoms in total. The third-order valence-electron chi connectivity index (χ3n) is 8.71. The Labute approximate surface area is 283 Å². The molecular formula is C37H36N6O6. The van der Waals surface area contributed by atoms with Crippen molar-refractivity contribution < 1.29 is 23.7 Å². The highest BCUT2D eigenvalue weighted by atomic mass is 16.6. The van der Waals surface area contributed by atoms with Crippen LogP contribution in [-0.2, 0) is 16.1 Å². The number of fused-ring (bicyclic) bond motifs is 2. The van der Waals surface area contributed by atoms with Gasteiger partial charge >= 0.3 is 0 Å². The molecule has 0 saturated carbocycles. The van der Waals surface area contributed by atoms with Crippen LogP contribution in [0.5, 0.6) is 17.2 Å². The molecule has 4 heterocycles. The average Bonchev–Trinajstić information content (AvgIpc) is 3.11. The van der Waals surface area contributed by atoms with E-state index in [1.165, 1.54) is 6.08 Å². The smallest absolute Gasteiger partial charge is 0.280 e. The molecular weight excluding hydrogens is 624 g/mol. The second-order valence-corrected chi connectivity index (χ2v) is 11.7. The van der Waals surface area contributed by atoms with Gasteiger partial charge in [-0.05, 0) is 67.1 Å². The van der Waals surface area contributed by atoms with E-state index in [0.717, 1.165) is 22.5 Å². The molecule has 12 heteroatoms. The first-order chi connectivity index (χ1) is 23.9. The number of aryl methyl sites for hydroxylation is 1. The van der Waals surface area contributed by atoms with Gasteiger partial charge in [-0.1, -0.05) is 18.7 Å². The summed E-state index contributed by atoms with van der Waals surface area (Å²) < 4.78 is 23.7. The molecule has 49 heavy (non-hydrogen) atoms. The monoisotopic (exact) mass is 660 g/mol. The minimum Gasteiger partial charge on any atom is -0.497 e. The zero-order chi connectivity index (χ0) is 34.1. The maximum atomic E-state index is 14.7. The number of pyridine rings is 1. The lowest BCUT2D eigenvalue weighted by atomic mass is 10.1. The Morgan fingerprint density at radius 1 is 1.02 bits per heavy atom. The molecule has 1 saturated heterocycles. The zero-order valence-electron chi connectivity index (χ0n) is 27.5. The Morgan fingerprint density at radius 2 is 1.82 bits per heavy atom. The van der Waals surface area contributed by atoms with Crippen molar-refractivity contribution in [1.82, 2.24) is 14.5 Å². The average molecular weight is 661 g/mol. The molecule has 1 amide bonds. The van der Waals surface area contributed by atoms with Crippen LogP contribution in [0.4, 0.5) is 23.0 Å². The van der Waals surface area contributed by atoms with E-state index >= 15 is 0 Å². The summed E-state index contributed by atoms with van der Waals surface area (Å²) >= 11 is 0. The number of hydrogen-bond donors (Lipinski definition) is 1. The molecule has 0 bridgehead atoms. The Morgan fingerprint density at radius 3 is 2.53 bits per heavy atom. The molecule has 0 atom stereocenters. The number of methoxy groups -OCH3 is 2. The van der Waals surface area contributed by atoms with Crippen molar-refractivity contribution in [3.8, 4) is 22.9 Å². The van der Waals surface area contributed by atoms with Crippen molar-refractivity contribution in [3.05, 3.63) is 107 Å². The summed E-state index contributed by atoms with van der Waals surface area (Å²) in [5, 5.41) is 3.94. The highest BCUT2D eigenvalue weighted by Gasteiger charge is 2.30. The third kappa shape index (κ3) is 6.02. The third-order valence-corrected chi connectivity index (χ3v) is 8.71. The van der Waals surface area contributed by atoms with Crippen molar-refractivity contribution in [1.29, 1.82) is 0 Å². The maximum Gasteiger partial charge on any atom is 0.280 e. The van der Waals surface area contributed by atoms with E-state index in [9.17, 15) is 9.59 Å². The van der Waals surface area contributed by atoms with Gasteiger partial charge in [-0.3, -0.25) is 14.2 Å². The van der Waals surface area contributed by atoms with E-state index in [-0.39, 0.29) is 17.6 Å². The molecule has 2 aliphatic rings. The molecule has 2 aliphatic heterocycles. The van der Waals surface area contributed by atoms with Crippen LogP contribution in [0, 0.1) is 6.92 Å². The van der Waals surface area contributed by atoms with Crippen LogP contribution in [0.15, 0.2) is 90.4 Å². The fourth-order valence-corrected chi connectivity index (χ4v) is 6.15. The number of anilines is 4. The molecule has 1 N–H and O–H groups in total. The van der Waals surface area contributed by atoms with Gasteiger partial charge in [0.05, 0.1) is 44.5 Å². The van der Waals surface area contributed by atoms with Crippen LogP contribution in [0.25, 0.3) is 16.7 Å². The number of rotatable bonds is 10. The topological polar surface area (TPSA) is 120 Å². The molecule has 0 aliphatic carbocycles. The highest BCUT2D eigenvalue weighted by Crippen LogP contribution is 2.40. The van der Waals surface area contributed by atoms with Gasteiger partial charge in [-0.25, -0.2) is 4.98 Å². The van der Waals surface area contributed by atoms with E-state index in [1.807, 2.05) is 78.6 Å². The molecule has 2 aromatic heterocycles. The number of nitrogens with zero attached hydrogens (tertiary/aromatic N) is 5. The summed E-state index contributed by atoms with van der Waals surface area (Å²) in [5.41, 5.74) is 4.50. The van der Waals surface area contributed by atoms with Crippen molar-refractivity contribution in [3.63, 3.8) is 0 Å². The summed E-state index contributed by atoms with van der Waals surface area (Å²) in [6.07, 6.45) is 3.03. The Hall–Kier alpha value is -5.88. The number of aromatic nitrogens is 3. The van der Waals surface area contributed by atoms with Gasteiger partial charge in [0.25, 0.3) is 11.5 Å². The van der Waals surface area contributed by atoms with Gasteiger partial charge in [-0.2, -0.15) is 4.98 Å². The minimum absolute atomic E-state index is 0.0126. The lowest BCUT2D eigenvalue weighted by molar-refractivity contribution is -0.114. The molecule has 7 rings (SSSR count). The predicted molar refractivity (Wildman–Crippen MR) is 188 cm³/mol. The number of benzene rings is 3. The summed E-state index contributed by atoms with van der Waals surface area (Å²) in [6, 6.07) is 20.6. The van der Waals surface area contributed by atoms with Crippen molar-refractivity contribution >= 4 is 40.0 Å². The van der Waals surface area contributed by atoms with E-state index in [2.05, 4.69) is 16.9 Å². The molecule has 1 fully saturated rings. The van der Waals surface area contributed by atoms with Crippen LogP contribution < -0.4 is 34.9 Å². The highest BCUT2D eigenvalue weighted by molar-refractivity contribution is 6.05. The lowest BCUT2D eigenvalue weighted by Crippen LogP contribution is -2.43. The van der Waals surface area contributed by atoms with Gasteiger partial charge in [0.1, 0.15) is 29.0 Å². The number of carbonyl (C=O) groups excluding carboxylic acids is 1. The number of hydrogen-bond acceptors (Lipinski definition) is 10. The quantitative estimate of drug-likeness (QED) is 0.201. The fraction of sp³-hybridized carbons (Fsp3) is 0.243. The van der Waals surface area contributed by atoms with Crippen LogP contribution in [0.1, 0.15) is 11.1 Å². The van der Waals surface area contributed by atoms with Gasteiger partial charge in [0.15, 0.2) is 5.65 Å². The Bertz CT molecular complexity index is 2110. The molecule has 5 aromatic rings. The van der Waals surface area contributed by atoms with Gasteiger partial charge < -0.3 is 34.1 Å². The number of amides is 1. The maximum absolute atomic E-state index is 14.7. The number of carbonyl (C=O) groups is 1. The van der Waals surface area contributed by atoms with Crippen LogP contribution in [0.3, 0.4) is 0 Å². The van der Waals surface area contributed by atoms with Crippen molar-refractivity contribution in [2.24, 2.45) is 0 Å². The van der Waals surface area contributed by atoms with E-state index < -0.39 is 0 Å². The van der Waals surface area contributed by atoms with E-state index in [0.29, 0.717) is 78.5 Å². The summed E-state index contributed by atoms with van der Waals surface area (Å²) in [6.45, 7) is 7.90. The summed E-state index contributed by atoms with van der Waals surface area (Å²) in [5.74, 6) is 2.18. The standard InChI is InChI=1S/C37H36N6O6/c1-5-33(44)42-16-15-41(30-8-6-7-23(2)34(30)42)31-17-25-20-39-37(38-19-24-9-12-28(46-3)18-32(24)47-4)40-35(25)43(36(31)45)26-10-13-27(14-11-26)49-29-21-48-22-29/h5-14,17-18,20,29H,1,15-16,19,21-22H2,2-4H3,(H,38,39,40). The predicted octanol–water partition coefficient (Wildman–Crippen LogP) is 5.17. The lowest BCUT2D eigenvalue weighted by Gasteiger charge is -2.38. The largest absolute Gasteiger partial charge is 0.497 e. The molecule has 250 valence electrons. The Kier molecular flexibility index (Phi) is 8.62. The normalized spacial score (nSPS) is 14.2. The second-order valence-electron chi connectivity index (χ2n) is 11.7. The molecule has 0 radical (unpaired) electrons. The number of ether oxygens (including phenoxy) is 4. The van der Waals surface area contributed by atoms with Gasteiger partial charge in [-0.15, -0.1) is 0 Å². The molecule has 3 aromatic carbocycles. The van der Waals surface area contributed by atoms with Crippen molar-refractivity contribution in [2.75, 3.05) is 55.6 Å². The molecule has 0 unspecified atom stereocenters.